The Morgan fingerprint density at radius 3 is 2.13 bits per heavy atom. The molecule has 0 N–H and O–H groups in total. The summed E-state index contributed by atoms with van der Waals surface area (Å²) in [6.45, 7) is 4.50. The molecule has 4 nitrogen and oxygen atoms in total. The Balaban J connectivity index is 1.63. The maximum absolute atomic E-state index is 9.01. The van der Waals surface area contributed by atoms with Crippen molar-refractivity contribution in [3.63, 3.8) is 0 Å². The van der Waals surface area contributed by atoms with Crippen LogP contribution in [0.4, 0.5) is 0 Å². The summed E-state index contributed by atoms with van der Waals surface area (Å²) in [5, 5.41) is 9.15. The van der Waals surface area contributed by atoms with Crippen molar-refractivity contribution in [3.05, 3.63) is 88.7 Å². The van der Waals surface area contributed by atoms with Crippen LogP contribution < -0.4 is 0 Å². The second-order valence-corrected chi connectivity index (χ2v) is 8.21. The maximum atomic E-state index is 9.01. The van der Waals surface area contributed by atoms with Crippen molar-refractivity contribution < 1.29 is 0 Å². The molecule has 0 saturated heterocycles. The van der Waals surface area contributed by atoms with E-state index < -0.39 is 0 Å². The highest BCUT2D eigenvalue weighted by molar-refractivity contribution is 6.28. The van der Waals surface area contributed by atoms with E-state index in [1.807, 2.05) is 18.2 Å². The fourth-order valence-electron chi connectivity index (χ4n) is 4.16. The Kier molecular flexibility index (Phi) is 4.16. The van der Waals surface area contributed by atoms with Crippen LogP contribution in [-0.2, 0) is 5.41 Å². The summed E-state index contributed by atoms with van der Waals surface area (Å²) in [6, 6.07) is 24.1. The van der Waals surface area contributed by atoms with Crippen LogP contribution in [0.2, 0.25) is 5.28 Å². The van der Waals surface area contributed by atoms with Crippen molar-refractivity contribution in [2.75, 3.05) is 0 Å². The summed E-state index contributed by atoms with van der Waals surface area (Å²) in [5.74, 6) is 1.01. The van der Waals surface area contributed by atoms with Gasteiger partial charge < -0.3 is 0 Å². The zero-order valence-electron chi connectivity index (χ0n) is 16.5. The van der Waals surface area contributed by atoms with E-state index in [-0.39, 0.29) is 10.7 Å². The lowest BCUT2D eigenvalue weighted by Gasteiger charge is -2.21. The number of aromatic nitrogens is 3. The number of benzene rings is 3. The van der Waals surface area contributed by atoms with Crippen LogP contribution in [0.1, 0.15) is 30.5 Å². The van der Waals surface area contributed by atoms with Gasteiger partial charge in [0.2, 0.25) is 5.28 Å². The molecule has 0 atom stereocenters. The van der Waals surface area contributed by atoms with Crippen LogP contribution in [0.15, 0.2) is 66.7 Å². The third kappa shape index (κ3) is 2.87. The Morgan fingerprint density at radius 1 is 0.767 bits per heavy atom. The van der Waals surface area contributed by atoms with Gasteiger partial charge in [-0.2, -0.15) is 15.2 Å². The molecular weight excluding hydrogens is 392 g/mol. The largest absolute Gasteiger partial charge is 0.226 e. The molecule has 0 fully saturated rings. The molecule has 0 saturated carbocycles. The van der Waals surface area contributed by atoms with Crippen molar-refractivity contribution >= 4 is 11.6 Å². The average Bonchev–Trinajstić information content (AvgIpc) is 3.00. The Labute approximate surface area is 179 Å². The van der Waals surface area contributed by atoms with Gasteiger partial charge in [0.05, 0.1) is 11.6 Å². The molecule has 1 aliphatic rings. The van der Waals surface area contributed by atoms with Crippen LogP contribution in [-0.4, -0.2) is 15.0 Å². The molecule has 1 aliphatic carbocycles. The molecule has 5 heteroatoms. The summed E-state index contributed by atoms with van der Waals surface area (Å²) in [6.07, 6.45) is 0. The van der Waals surface area contributed by atoms with Crippen molar-refractivity contribution in [2.24, 2.45) is 0 Å². The van der Waals surface area contributed by atoms with Crippen molar-refractivity contribution in [2.45, 2.75) is 19.3 Å². The first-order chi connectivity index (χ1) is 14.5. The van der Waals surface area contributed by atoms with Gasteiger partial charge in [-0.05, 0) is 64.2 Å². The summed E-state index contributed by atoms with van der Waals surface area (Å²) in [7, 11) is 0. The number of nitrogens with zero attached hydrogens (tertiary/aromatic N) is 4. The fourth-order valence-corrected chi connectivity index (χ4v) is 4.32. The number of nitriles is 1. The number of rotatable bonds is 2. The second kappa shape index (κ2) is 6.76. The predicted molar refractivity (Wildman–Crippen MR) is 118 cm³/mol. The first kappa shape index (κ1) is 18.5. The van der Waals surface area contributed by atoms with E-state index in [0.717, 1.165) is 11.1 Å². The van der Waals surface area contributed by atoms with Gasteiger partial charge in [0.25, 0.3) is 0 Å². The molecular formula is C25H17ClN4. The molecule has 0 unspecified atom stereocenters. The number of hydrogen-bond donors (Lipinski definition) is 0. The maximum Gasteiger partial charge on any atom is 0.226 e. The van der Waals surface area contributed by atoms with E-state index in [9.17, 15) is 0 Å². The molecule has 0 spiro atoms. The van der Waals surface area contributed by atoms with E-state index in [0.29, 0.717) is 17.2 Å². The summed E-state index contributed by atoms with van der Waals surface area (Å²) in [4.78, 5) is 13.3. The third-order valence-corrected chi connectivity index (χ3v) is 5.89. The van der Waals surface area contributed by atoms with Gasteiger partial charge in [0.1, 0.15) is 0 Å². The lowest BCUT2D eigenvalue weighted by atomic mass is 9.82. The summed E-state index contributed by atoms with van der Waals surface area (Å²) >= 11 is 6.24. The molecule has 0 radical (unpaired) electrons. The molecule has 0 amide bonds. The Morgan fingerprint density at radius 2 is 1.40 bits per heavy atom. The quantitative estimate of drug-likeness (QED) is 0.405. The number of hydrogen-bond acceptors (Lipinski definition) is 4. The minimum absolute atomic E-state index is 0.0468. The molecule has 144 valence electrons. The Bertz CT molecular complexity index is 1330. The van der Waals surface area contributed by atoms with Crippen molar-refractivity contribution in [1.82, 2.24) is 15.0 Å². The zero-order chi connectivity index (χ0) is 20.9. The lowest BCUT2D eigenvalue weighted by molar-refractivity contribution is 0.660. The SMILES string of the molecule is CC1(C)c2ccccc2-c2cc(-c3nc(Cl)nc(-c4ccc(C#N)cc4)n3)ccc21. The van der Waals surface area contributed by atoms with Crippen molar-refractivity contribution in [3.8, 4) is 40.0 Å². The zero-order valence-corrected chi connectivity index (χ0v) is 17.3. The summed E-state index contributed by atoms with van der Waals surface area (Å²) < 4.78 is 0. The van der Waals surface area contributed by atoms with Gasteiger partial charge in [-0.3, -0.25) is 0 Å². The average molecular weight is 409 g/mol. The molecule has 0 bridgehead atoms. The molecule has 1 heterocycles. The highest BCUT2D eigenvalue weighted by Crippen LogP contribution is 2.49. The van der Waals surface area contributed by atoms with E-state index in [2.05, 4.69) is 71.3 Å². The molecule has 3 aromatic carbocycles. The Hall–Kier alpha value is -3.55. The topological polar surface area (TPSA) is 62.5 Å². The van der Waals surface area contributed by atoms with Crippen LogP contribution >= 0.6 is 11.6 Å². The van der Waals surface area contributed by atoms with Crippen LogP contribution in [0.25, 0.3) is 33.9 Å². The minimum Gasteiger partial charge on any atom is -0.208 e. The molecule has 0 aliphatic heterocycles. The standard InChI is InChI=1S/C25H17ClN4/c1-25(2)20-6-4-3-5-18(20)19-13-17(11-12-21(19)25)23-28-22(29-24(26)30-23)16-9-7-15(14-27)8-10-16/h3-13H,1-2H3. The highest BCUT2D eigenvalue weighted by Gasteiger charge is 2.35. The van der Waals surface area contributed by atoms with Gasteiger partial charge >= 0.3 is 0 Å². The smallest absolute Gasteiger partial charge is 0.208 e. The van der Waals surface area contributed by atoms with Gasteiger partial charge in [-0.15, -0.1) is 0 Å². The van der Waals surface area contributed by atoms with E-state index in [1.54, 1.807) is 12.1 Å². The van der Waals surface area contributed by atoms with Gasteiger partial charge in [0.15, 0.2) is 11.6 Å². The number of fused-ring (bicyclic) bond motifs is 3. The molecule has 5 rings (SSSR count). The van der Waals surface area contributed by atoms with Gasteiger partial charge in [-0.25, -0.2) is 4.98 Å². The first-order valence-electron chi connectivity index (χ1n) is 9.64. The molecule has 1 aromatic heterocycles. The molecule has 30 heavy (non-hydrogen) atoms. The van der Waals surface area contributed by atoms with E-state index in [1.165, 1.54) is 22.3 Å². The monoisotopic (exact) mass is 408 g/mol. The van der Waals surface area contributed by atoms with E-state index >= 15 is 0 Å². The third-order valence-electron chi connectivity index (χ3n) is 5.72. The highest BCUT2D eigenvalue weighted by atomic mass is 35.5. The van der Waals surface area contributed by atoms with Gasteiger partial charge in [0, 0.05) is 16.5 Å². The minimum atomic E-state index is -0.0468. The second-order valence-electron chi connectivity index (χ2n) is 7.87. The summed E-state index contributed by atoms with van der Waals surface area (Å²) in [5.41, 5.74) is 7.27. The van der Waals surface area contributed by atoms with Crippen LogP contribution in [0, 0.1) is 11.3 Å². The van der Waals surface area contributed by atoms with Crippen molar-refractivity contribution in [1.29, 1.82) is 5.26 Å². The fraction of sp³-hybridized carbons (Fsp3) is 0.120. The lowest BCUT2D eigenvalue weighted by Crippen LogP contribution is -2.14. The number of halogens is 1. The van der Waals surface area contributed by atoms with Gasteiger partial charge in [-0.1, -0.05) is 50.2 Å². The normalized spacial score (nSPS) is 13.4. The van der Waals surface area contributed by atoms with Crippen LogP contribution in [0.3, 0.4) is 0 Å². The predicted octanol–water partition coefficient (Wildman–Crippen LogP) is 6.04. The van der Waals surface area contributed by atoms with E-state index in [4.69, 9.17) is 16.9 Å². The van der Waals surface area contributed by atoms with Crippen LogP contribution in [0.5, 0.6) is 0 Å². The molecule has 4 aromatic rings. The first-order valence-corrected chi connectivity index (χ1v) is 10.0.